The first-order chi connectivity index (χ1) is 7.75. The molecule has 0 radical (unpaired) electrons. The summed E-state index contributed by atoms with van der Waals surface area (Å²) in [6.45, 7) is 0. The average Bonchev–Trinajstić information content (AvgIpc) is 2.30. The van der Waals surface area contributed by atoms with Gasteiger partial charge in [-0.3, -0.25) is 4.98 Å². The van der Waals surface area contributed by atoms with Crippen LogP contribution in [0.15, 0.2) is 42.6 Å². The summed E-state index contributed by atoms with van der Waals surface area (Å²) in [4.78, 5) is 8.41. The molecule has 0 amide bonds. The molecule has 2 rings (SSSR count). The van der Waals surface area contributed by atoms with Crippen molar-refractivity contribution >= 4 is 11.6 Å². The Kier molecular flexibility index (Phi) is 3.49. The molecule has 0 aliphatic heterocycles. The van der Waals surface area contributed by atoms with Crippen LogP contribution >= 0.6 is 11.6 Å². The van der Waals surface area contributed by atoms with Crippen LogP contribution in [0.3, 0.4) is 0 Å². The van der Waals surface area contributed by atoms with Gasteiger partial charge < -0.3 is 5.73 Å². The van der Waals surface area contributed by atoms with Gasteiger partial charge in [-0.2, -0.15) is 0 Å². The second kappa shape index (κ2) is 5.05. The first-order valence-corrected chi connectivity index (χ1v) is 5.41. The summed E-state index contributed by atoms with van der Waals surface area (Å²) in [5.74, 6) is 0. The van der Waals surface area contributed by atoms with Gasteiger partial charge in [-0.05, 0) is 24.3 Å². The van der Waals surface area contributed by atoms with E-state index in [2.05, 4.69) is 9.97 Å². The molecular weight excluding hydrogens is 222 g/mol. The Morgan fingerprint density at radius 3 is 2.75 bits per heavy atom. The van der Waals surface area contributed by atoms with Crippen molar-refractivity contribution in [2.24, 2.45) is 5.73 Å². The third kappa shape index (κ3) is 2.78. The zero-order valence-electron chi connectivity index (χ0n) is 8.68. The van der Waals surface area contributed by atoms with Gasteiger partial charge in [0, 0.05) is 18.3 Å². The standard InChI is InChI=1S/C12H12ClN3/c13-12-6-3-5-11(16-12)10(14)8-9-4-1-2-7-15-9/h1-7,10H,8,14H2. The first-order valence-electron chi connectivity index (χ1n) is 5.03. The minimum Gasteiger partial charge on any atom is -0.322 e. The number of rotatable bonds is 3. The average molecular weight is 234 g/mol. The van der Waals surface area contributed by atoms with Gasteiger partial charge in [0.15, 0.2) is 0 Å². The molecular formula is C12H12ClN3. The van der Waals surface area contributed by atoms with Crippen LogP contribution in [-0.4, -0.2) is 9.97 Å². The summed E-state index contributed by atoms with van der Waals surface area (Å²) < 4.78 is 0. The minimum atomic E-state index is -0.173. The SMILES string of the molecule is NC(Cc1ccccn1)c1cccc(Cl)n1. The van der Waals surface area contributed by atoms with Crippen LogP contribution in [0.4, 0.5) is 0 Å². The highest BCUT2D eigenvalue weighted by Gasteiger charge is 2.09. The molecule has 0 spiro atoms. The van der Waals surface area contributed by atoms with Crippen molar-refractivity contribution in [2.75, 3.05) is 0 Å². The predicted octanol–water partition coefficient (Wildman–Crippen LogP) is 2.37. The van der Waals surface area contributed by atoms with E-state index in [1.165, 1.54) is 0 Å². The number of nitrogens with zero attached hydrogens (tertiary/aromatic N) is 2. The van der Waals surface area contributed by atoms with Gasteiger partial charge in [-0.25, -0.2) is 4.98 Å². The maximum Gasteiger partial charge on any atom is 0.129 e. The van der Waals surface area contributed by atoms with Gasteiger partial charge in [0.2, 0.25) is 0 Å². The summed E-state index contributed by atoms with van der Waals surface area (Å²) in [5.41, 5.74) is 7.78. The topological polar surface area (TPSA) is 51.8 Å². The molecule has 82 valence electrons. The Morgan fingerprint density at radius 1 is 1.19 bits per heavy atom. The molecule has 0 aromatic carbocycles. The Balaban J connectivity index is 2.12. The van der Waals surface area contributed by atoms with Crippen molar-refractivity contribution in [3.63, 3.8) is 0 Å². The minimum absolute atomic E-state index is 0.173. The number of halogens is 1. The molecule has 0 aliphatic rings. The summed E-state index contributed by atoms with van der Waals surface area (Å²) >= 11 is 5.81. The molecule has 0 fully saturated rings. The van der Waals surface area contributed by atoms with Crippen molar-refractivity contribution in [1.82, 2.24) is 9.97 Å². The van der Waals surface area contributed by atoms with Gasteiger partial charge in [0.1, 0.15) is 5.15 Å². The summed E-state index contributed by atoms with van der Waals surface area (Å²) in [5, 5.41) is 0.467. The molecule has 3 nitrogen and oxygen atoms in total. The Morgan fingerprint density at radius 2 is 2.06 bits per heavy atom. The molecule has 16 heavy (non-hydrogen) atoms. The molecule has 0 saturated heterocycles. The van der Waals surface area contributed by atoms with Crippen LogP contribution in [-0.2, 0) is 6.42 Å². The molecule has 2 aromatic rings. The molecule has 2 aromatic heterocycles. The van der Waals surface area contributed by atoms with Crippen LogP contribution in [0.25, 0.3) is 0 Å². The zero-order valence-corrected chi connectivity index (χ0v) is 9.43. The fourth-order valence-corrected chi connectivity index (χ4v) is 1.65. The molecule has 0 saturated carbocycles. The summed E-state index contributed by atoms with van der Waals surface area (Å²) in [7, 11) is 0. The van der Waals surface area contributed by atoms with E-state index in [1.54, 1.807) is 12.3 Å². The van der Waals surface area contributed by atoms with E-state index in [-0.39, 0.29) is 6.04 Å². The Labute approximate surface area is 99.3 Å². The largest absolute Gasteiger partial charge is 0.322 e. The molecule has 0 bridgehead atoms. The summed E-state index contributed by atoms with van der Waals surface area (Å²) in [6, 6.07) is 11.1. The molecule has 0 aliphatic carbocycles. The van der Waals surface area contributed by atoms with E-state index >= 15 is 0 Å². The molecule has 2 heterocycles. The van der Waals surface area contributed by atoms with E-state index in [1.807, 2.05) is 30.3 Å². The van der Waals surface area contributed by atoms with E-state index in [0.717, 1.165) is 11.4 Å². The lowest BCUT2D eigenvalue weighted by molar-refractivity contribution is 0.683. The van der Waals surface area contributed by atoms with Gasteiger partial charge >= 0.3 is 0 Å². The normalized spacial score (nSPS) is 12.4. The highest BCUT2D eigenvalue weighted by molar-refractivity contribution is 6.29. The van der Waals surface area contributed by atoms with E-state index in [4.69, 9.17) is 17.3 Å². The van der Waals surface area contributed by atoms with E-state index in [0.29, 0.717) is 11.6 Å². The lowest BCUT2D eigenvalue weighted by Gasteiger charge is -2.10. The molecule has 2 N–H and O–H groups in total. The van der Waals surface area contributed by atoms with Crippen molar-refractivity contribution < 1.29 is 0 Å². The maximum absolute atomic E-state index is 6.03. The Hall–Kier alpha value is -1.45. The van der Waals surface area contributed by atoms with Crippen molar-refractivity contribution in [3.8, 4) is 0 Å². The quantitative estimate of drug-likeness (QED) is 0.829. The third-order valence-electron chi connectivity index (χ3n) is 2.27. The number of hydrogen-bond donors (Lipinski definition) is 1. The van der Waals surface area contributed by atoms with Crippen LogP contribution in [0.1, 0.15) is 17.4 Å². The monoisotopic (exact) mass is 233 g/mol. The van der Waals surface area contributed by atoms with Crippen molar-refractivity contribution in [1.29, 1.82) is 0 Å². The number of aromatic nitrogens is 2. The van der Waals surface area contributed by atoms with Crippen LogP contribution in [0, 0.1) is 0 Å². The van der Waals surface area contributed by atoms with Gasteiger partial charge in [-0.1, -0.05) is 23.7 Å². The van der Waals surface area contributed by atoms with Crippen LogP contribution < -0.4 is 5.73 Å². The van der Waals surface area contributed by atoms with Crippen LogP contribution in [0.2, 0.25) is 5.15 Å². The van der Waals surface area contributed by atoms with E-state index < -0.39 is 0 Å². The van der Waals surface area contributed by atoms with Gasteiger partial charge in [0.05, 0.1) is 11.7 Å². The van der Waals surface area contributed by atoms with Gasteiger partial charge in [0.25, 0.3) is 0 Å². The second-order valence-electron chi connectivity index (χ2n) is 3.52. The fraction of sp³-hybridized carbons (Fsp3) is 0.167. The van der Waals surface area contributed by atoms with Crippen LogP contribution in [0.5, 0.6) is 0 Å². The molecule has 4 heteroatoms. The van der Waals surface area contributed by atoms with Crippen molar-refractivity contribution in [3.05, 3.63) is 59.1 Å². The fourth-order valence-electron chi connectivity index (χ4n) is 1.48. The highest BCUT2D eigenvalue weighted by atomic mass is 35.5. The smallest absolute Gasteiger partial charge is 0.129 e. The van der Waals surface area contributed by atoms with Crippen molar-refractivity contribution in [2.45, 2.75) is 12.5 Å². The predicted molar refractivity (Wildman–Crippen MR) is 64.1 cm³/mol. The molecule has 1 atom stereocenters. The lowest BCUT2D eigenvalue weighted by atomic mass is 10.1. The zero-order chi connectivity index (χ0) is 11.4. The first kappa shape index (κ1) is 11.0. The number of pyridine rings is 2. The maximum atomic E-state index is 6.03. The Bertz CT molecular complexity index is 459. The van der Waals surface area contributed by atoms with Gasteiger partial charge in [-0.15, -0.1) is 0 Å². The highest BCUT2D eigenvalue weighted by Crippen LogP contribution is 2.14. The third-order valence-corrected chi connectivity index (χ3v) is 2.48. The number of hydrogen-bond acceptors (Lipinski definition) is 3. The molecule has 1 unspecified atom stereocenters. The van der Waals surface area contributed by atoms with E-state index in [9.17, 15) is 0 Å². The number of nitrogens with two attached hydrogens (primary N) is 1. The summed E-state index contributed by atoms with van der Waals surface area (Å²) in [6.07, 6.45) is 2.42. The second-order valence-corrected chi connectivity index (χ2v) is 3.90. The lowest BCUT2D eigenvalue weighted by Crippen LogP contribution is -2.15.